The number of primary amides is 1. The van der Waals surface area contributed by atoms with Gasteiger partial charge in [-0.25, -0.2) is 4.98 Å². The summed E-state index contributed by atoms with van der Waals surface area (Å²) in [6.45, 7) is 0.360. The molecule has 0 spiro atoms. The molecule has 1 saturated heterocycles. The van der Waals surface area contributed by atoms with Crippen LogP contribution in [0.2, 0.25) is 0 Å². The van der Waals surface area contributed by atoms with E-state index < -0.39 is 35.7 Å². The molecule has 3 N–H and O–H groups in total. The van der Waals surface area contributed by atoms with Gasteiger partial charge in [-0.2, -0.15) is 0 Å². The van der Waals surface area contributed by atoms with Gasteiger partial charge in [-0.3, -0.25) is 14.4 Å². The highest BCUT2D eigenvalue weighted by Gasteiger charge is 2.55. The molecule has 2 atom stereocenters. The molecule has 0 bridgehead atoms. The van der Waals surface area contributed by atoms with Crippen LogP contribution in [0.3, 0.4) is 0 Å². The van der Waals surface area contributed by atoms with Crippen molar-refractivity contribution in [3.63, 3.8) is 0 Å². The van der Waals surface area contributed by atoms with Crippen LogP contribution < -0.4 is 15.8 Å². The summed E-state index contributed by atoms with van der Waals surface area (Å²) in [5.41, 5.74) is 5.29. The van der Waals surface area contributed by atoms with Gasteiger partial charge in [0, 0.05) is 6.54 Å². The summed E-state index contributed by atoms with van der Waals surface area (Å²) in [4.78, 5) is 43.4. The van der Waals surface area contributed by atoms with Crippen LogP contribution in [0, 0.1) is 11.8 Å². The number of oxazole rings is 1. The SMILES string of the molecule is NC(=O)C[C@@H](C#Cc1cocn1)NC(=O)[C@@H]1CCCN1C(=O)C1(c2ccc(OC(F)(F)F)cc2)CC1. The summed E-state index contributed by atoms with van der Waals surface area (Å²) in [6, 6.07) is 3.57. The summed E-state index contributed by atoms with van der Waals surface area (Å²) in [6.07, 6.45) is -0.477. The molecule has 1 aromatic carbocycles. The molecule has 190 valence electrons. The Bertz CT molecular complexity index is 1180. The Morgan fingerprint density at radius 2 is 2.00 bits per heavy atom. The van der Waals surface area contributed by atoms with Crippen molar-refractivity contribution in [3.05, 3.63) is 48.2 Å². The Morgan fingerprint density at radius 3 is 2.58 bits per heavy atom. The number of nitrogens with two attached hydrogens (primary N) is 1. The lowest BCUT2D eigenvalue weighted by Gasteiger charge is -2.29. The van der Waals surface area contributed by atoms with Gasteiger partial charge >= 0.3 is 6.36 Å². The van der Waals surface area contributed by atoms with Crippen LogP contribution in [-0.2, 0) is 19.8 Å². The zero-order valence-corrected chi connectivity index (χ0v) is 19.0. The summed E-state index contributed by atoms with van der Waals surface area (Å²) >= 11 is 0. The number of nitrogens with one attached hydrogen (secondary N) is 1. The highest BCUT2D eigenvalue weighted by atomic mass is 19.4. The summed E-state index contributed by atoms with van der Waals surface area (Å²) < 4.78 is 46.1. The molecule has 2 fully saturated rings. The third kappa shape index (κ3) is 5.79. The van der Waals surface area contributed by atoms with Gasteiger partial charge in [-0.05, 0) is 49.3 Å². The Morgan fingerprint density at radius 1 is 1.28 bits per heavy atom. The van der Waals surface area contributed by atoms with E-state index in [1.165, 1.54) is 41.8 Å². The van der Waals surface area contributed by atoms with Crippen molar-refractivity contribution in [3.8, 4) is 17.6 Å². The quantitative estimate of drug-likeness (QED) is 0.556. The van der Waals surface area contributed by atoms with Crippen molar-refractivity contribution in [2.45, 2.75) is 56.0 Å². The molecule has 0 unspecified atom stereocenters. The lowest BCUT2D eigenvalue weighted by molar-refractivity contribution is -0.274. The van der Waals surface area contributed by atoms with E-state index >= 15 is 0 Å². The molecule has 1 aliphatic heterocycles. The van der Waals surface area contributed by atoms with Gasteiger partial charge in [0.2, 0.25) is 17.7 Å². The number of carbonyl (C=O) groups excluding carboxylic acids is 3. The van der Waals surface area contributed by atoms with Gasteiger partial charge in [0.25, 0.3) is 0 Å². The second-order valence-electron chi connectivity index (χ2n) is 8.69. The molecule has 4 rings (SSSR count). The number of benzene rings is 1. The molecule has 12 heteroatoms. The number of amides is 3. The van der Waals surface area contributed by atoms with E-state index in [4.69, 9.17) is 10.2 Å². The van der Waals surface area contributed by atoms with Crippen LogP contribution >= 0.6 is 0 Å². The molecule has 1 aromatic heterocycles. The van der Waals surface area contributed by atoms with E-state index in [1.54, 1.807) is 0 Å². The van der Waals surface area contributed by atoms with E-state index in [0.717, 1.165) is 0 Å². The van der Waals surface area contributed by atoms with E-state index in [1.807, 2.05) is 0 Å². The minimum atomic E-state index is -4.81. The maximum absolute atomic E-state index is 13.5. The van der Waals surface area contributed by atoms with Crippen LogP contribution in [0.5, 0.6) is 5.75 Å². The zero-order chi connectivity index (χ0) is 25.9. The van der Waals surface area contributed by atoms with Crippen molar-refractivity contribution in [2.75, 3.05) is 6.54 Å². The fraction of sp³-hybridized carbons (Fsp3) is 0.417. The Balaban J connectivity index is 1.46. The monoisotopic (exact) mass is 504 g/mol. The zero-order valence-electron chi connectivity index (χ0n) is 19.0. The predicted octanol–water partition coefficient (Wildman–Crippen LogP) is 2.01. The molecule has 2 aliphatic rings. The Hall–Kier alpha value is -4.01. The highest BCUT2D eigenvalue weighted by molar-refractivity contribution is 5.96. The predicted molar refractivity (Wildman–Crippen MR) is 118 cm³/mol. The first-order valence-corrected chi connectivity index (χ1v) is 11.2. The Labute approximate surface area is 204 Å². The van der Waals surface area contributed by atoms with Crippen molar-refractivity contribution in [1.82, 2.24) is 15.2 Å². The molecule has 36 heavy (non-hydrogen) atoms. The molecule has 1 aliphatic carbocycles. The van der Waals surface area contributed by atoms with Crippen LogP contribution in [0.4, 0.5) is 13.2 Å². The van der Waals surface area contributed by atoms with Gasteiger partial charge < -0.3 is 25.1 Å². The number of nitrogens with zero attached hydrogens (tertiary/aromatic N) is 2. The smallest absolute Gasteiger partial charge is 0.450 e. The first kappa shape index (κ1) is 25.1. The first-order valence-electron chi connectivity index (χ1n) is 11.2. The number of halogens is 3. The Kier molecular flexibility index (Phi) is 6.92. The number of likely N-dealkylation sites (tertiary alicyclic amines) is 1. The maximum atomic E-state index is 13.5. The largest absolute Gasteiger partial charge is 0.573 e. The molecule has 2 heterocycles. The van der Waals surface area contributed by atoms with Crippen LogP contribution in [-0.4, -0.2) is 52.6 Å². The van der Waals surface area contributed by atoms with Gasteiger partial charge in [0.15, 0.2) is 12.1 Å². The van der Waals surface area contributed by atoms with Gasteiger partial charge in [-0.1, -0.05) is 18.1 Å². The van der Waals surface area contributed by atoms with Crippen molar-refractivity contribution in [1.29, 1.82) is 0 Å². The average Bonchev–Trinajstić information content (AvgIpc) is 3.20. The molecule has 1 saturated carbocycles. The number of hydrogen-bond donors (Lipinski definition) is 2. The number of rotatable bonds is 7. The minimum Gasteiger partial charge on any atom is -0.450 e. The topological polar surface area (TPSA) is 128 Å². The van der Waals surface area contributed by atoms with Gasteiger partial charge in [-0.15, -0.1) is 13.2 Å². The van der Waals surface area contributed by atoms with E-state index in [9.17, 15) is 27.6 Å². The minimum absolute atomic E-state index is 0.229. The number of aromatic nitrogens is 1. The average molecular weight is 504 g/mol. The lowest BCUT2D eigenvalue weighted by atomic mass is 9.93. The van der Waals surface area contributed by atoms with Crippen molar-refractivity contribution < 1.29 is 36.7 Å². The van der Waals surface area contributed by atoms with Gasteiger partial charge in [0.05, 0.1) is 17.9 Å². The molecule has 9 nitrogen and oxygen atoms in total. The number of ether oxygens (including phenoxy) is 1. The standard InChI is InChI=1S/C24H23F3N4O5/c25-24(26,27)36-18-7-3-15(4-8-18)23(9-10-23)22(34)31-11-1-2-19(31)21(33)30-16(12-20(28)32)5-6-17-13-35-14-29-17/h3-4,7-8,13-14,16,19H,1-2,9-12H2,(H2,28,32)(H,30,33)/t16-,19+/m1/s1. The normalized spacial score (nSPS) is 19.1. The molecule has 2 aromatic rings. The summed E-state index contributed by atoms with van der Waals surface area (Å²) in [7, 11) is 0. The van der Waals surface area contributed by atoms with Crippen LogP contribution in [0.15, 0.2) is 41.3 Å². The third-order valence-electron chi connectivity index (χ3n) is 6.14. The summed E-state index contributed by atoms with van der Waals surface area (Å²) in [5.74, 6) is 3.67. The fourth-order valence-electron chi connectivity index (χ4n) is 4.33. The van der Waals surface area contributed by atoms with E-state index in [-0.39, 0.29) is 18.1 Å². The second-order valence-corrected chi connectivity index (χ2v) is 8.69. The first-order chi connectivity index (χ1) is 17.1. The maximum Gasteiger partial charge on any atom is 0.573 e. The third-order valence-corrected chi connectivity index (χ3v) is 6.14. The summed E-state index contributed by atoms with van der Waals surface area (Å²) in [5, 5.41) is 2.69. The molecule has 0 radical (unpaired) electrons. The van der Waals surface area contributed by atoms with E-state index in [2.05, 4.69) is 26.9 Å². The van der Waals surface area contributed by atoms with Crippen LogP contribution in [0.1, 0.15) is 43.4 Å². The van der Waals surface area contributed by atoms with E-state index in [0.29, 0.717) is 43.5 Å². The number of carbonyl (C=O) groups is 3. The van der Waals surface area contributed by atoms with Crippen molar-refractivity contribution >= 4 is 17.7 Å². The molecular weight excluding hydrogens is 481 g/mol. The fourth-order valence-corrected chi connectivity index (χ4v) is 4.33. The highest BCUT2D eigenvalue weighted by Crippen LogP contribution is 2.50. The molecular formula is C24H23F3N4O5. The number of hydrogen-bond acceptors (Lipinski definition) is 6. The second kappa shape index (κ2) is 9.93. The lowest BCUT2D eigenvalue weighted by Crippen LogP contribution is -2.51. The number of alkyl halides is 3. The van der Waals surface area contributed by atoms with Crippen LogP contribution in [0.25, 0.3) is 0 Å². The van der Waals surface area contributed by atoms with Gasteiger partial charge in [0.1, 0.15) is 18.1 Å². The molecule has 3 amide bonds. The van der Waals surface area contributed by atoms with Crippen molar-refractivity contribution in [2.24, 2.45) is 5.73 Å².